The van der Waals surface area contributed by atoms with Gasteiger partial charge >= 0.3 is 0 Å². The quantitative estimate of drug-likeness (QED) is 0.257. The van der Waals surface area contributed by atoms with Crippen LogP contribution in [0.2, 0.25) is 0 Å². The summed E-state index contributed by atoms with van der Waals surface area (Å²) in [5.41, 5.74) is 6.27. The van der Waals surface area contributed by atoms with Crippen molar-refractivity contribution in [3.8, 4) is 11.1 Å². The number of carbonyl (C=O) groups excluding carboxylic acids is 1. The van der Waals surface area contributed by atoms with Crippen LogP contribution in [0.15, 0.2) is 74.0 Å². The lowest BCUT2D eigenvalue weighted by atomic mass is 9.86. The molecule has 0 N–H and O–H groups in total. The third kappa shape index (κ3) is 1.84. The minimum Gasteiger partial charge on any atom is -0.455 e. The molecule has 1 aliphatic rings. The van der Waals surface area contributed by atoms with Crippen LogP contribution in [0.1, 0.15) is 15.9 Å². The Balaban J connectivity index is 1.77. The Bertz CT molecular complexity index is 1740. The van der Waals surface area contributed by atoms with Crippen molar-refractivity contribution < 1.29 is 13.6 Å². The van der Waals surface area contributed by atoms with Crippen LogP contribution in [0.4, 0.5) is 0 Å². The fraction of sp³-hybridized carbons (Fsp3) is 0. The molecule has 0 fully saturated rings. The highest BCUT2D eigenvalue weighted by Crippen LogP contribution is 2.50. The van der Waals surface area contributed by atoms with Crippen LogP contribution >= 0.6 is 15.9 Å². The standard InChI is InChI=1S/C25H10BBrO3/c26-15-9-13-22(25-19(15)11-5-1-3-7-17(11)30-25)20-14(23(13)28)10-16(27)24-21(20)12-6-2-4-8-18(12)29-24/h1-10H. The van der Waals surface area contributed by atoms with Gasteiger partial charge in [0.25, 0.3) is 0 Å². The van der Waals surface area contributed by atoms with Gasteiger partial charge in [-0.15, -0.1) is 0 Å². The maximum atomic E-state index is 13.4. The molecule has 0 unspecified atom stereocenters. The van der Waals surface area contributed by atoms with Gasteiger partial charge in [0.05, 0.1) is 4.47 Å². The predicted octanol–water partition coefficient (Wildman–Crippen LogP) is 6.25. The van der Waals surface area contributed by atoms with E-state index in [0.29, 0.717) is 22.2 Å². The summed E-state index contributed by atoms with van der Waals surface area (Å²) < 4.78 is 13.2. The molecule has 2 radical (unpaired) electrons. The molecule has 4 aromatic carbocycles. The normalized spacial score (nSPS) is 13.0. The number of para-hydroxylation sites is 2. The fourth-order valence-electron chi connectivity index (χ4n) is 4.80. The highest BCUT2D eigenvalue weighted by Gasteiger charge is 2.35. The molecule has 0 saturated heterocycles. The Labute approximate surface area is 179 Å². The number of ketones is 1. The van der Waals surface area contributed by atoms with Crippen LogP contribution in [0.5, 0.6) is 0 Å². The number of carbonyl (C=O) groups is 1. The molecule has 0 saturated carbocycles. The van der Waals surface area contributed by atoms with Crippen LogP contribution in [0.25, 0.3) is 55.0 Å². The van der Waals surface area contributed by atoms with E-state index in [1.54, 1.807) is 6.07 Å². The van der Waals surface area contributed by atoms with Gasteiger partial charge in [0.2, 0.25) is 0 Å². The molecule has 0 bridgehead atoms. The van der Waals surface area contributed by atoms with Crippen molar-refractivity contribution in [2.75, 3.05) is 0 Å². The Morgan fingerprint density at radius 1 is 0.733 bits per heavy atom. The van der Waals surface area contributed by atoms with Crippen molar-refractivity contribution >= 4 is 78.9 Å². The molecule has 30 heavy (non-hydrogen) atoms. The lowest BCUT2D eigenvalue weighted by Gasteiger charge is -2.06. The van der Waals surface area contributed by atoms with Gasteiger partial charge in [-0.25, -0.2) is 0 Å². The second kappa shape index (κ2) is 5.43. The summed E-state index contributed by atoms with van der Waals surface area (Å²) in [6, 6.07) is 19.3. The van der Waals surface area contributed by atoms with Gasteiger partial charge in [-0.05, 0) is 34.1 Å². The summed E-state index contributed by atoms with van der Waals surface area (Å²) in [6.07, 6.45) is 0. The molecule has 2 aromatic heterocycles. The van der Waals surface area contributed by atoms with Gasteiger partial charge in [-0.1, -0.05) is 47.9 Å². The van der Waals surface area contributed by atoms with E-state index in [2.05, 4.69) is 15.9 Å². The molecule has 0 atom stereocenters. The van der Waals surface area contributed by atoms with Crippen LogP contribution < -0.4 is 5.46 Å². The molecular formula is C25H10BBrO3. The zero-order chi connectivity index (χ0) is 20.1. The molecule has 3 nitrogen and oxygen atoms in total. The predicted molar refractivity (Wildman–Crippen MR) is 123 cm³/mol. The van der Waals surface area contributed by atoms with Crippen LogP contribution in [-0.4, -0.2) is 13.6 Å². The Morgan fingerprint density at radius 3 is 2.07 bits per heavy atom. The summed E-state index contributed by atoms with van der Waals surface area (Å²) in [7, 11) is 6.41. The van der Waals surface area contributed by atoms with Crippen molar-refractivity contribution in [3.05, 3.63) is 76.3 Å². The molecule has 0 amide bonds. The molecule has 5 heteroatoms. The molecule has 7 rings (SSSR count). The Kier molecular flexibility index (Phi) is 2.99. The van der Waals surface area contributed by atoms with Gasteiger partial charge in [-0.2, -0.15) is 0 Å². The van der Waals surface area contributed by atoms with Gasteiger partial charge in [0.15, 0.2) is 5.78 Å². The molecule has 138 valence electrons. The lowest BCUT2D eigenvalue weighted by molar-refractivity contribution is 0.104. The van der Waals surface area contributed by atoms with Crippen molar-refractivity contribution in [2.24, 2.45) is 0 Å². The average molecular weight is 449 g/mol. The first kappa shape index (κ1) is 16.5. The maximum absolute atomic E-state index is 13.4. The second-order valence-electron chi connectivity index (χ2n) is 7.60. The van der Waals surface area contributed by atoms with Crippen LogP contribution in [0.3, 0.4) is 0 Å². The van der Waals surface area contributed by atoms with E-state index in [-0.39, 0.29) is 5.78 Å². The smallest absolute Gasteiger partial charge is 0.194 e. The third-order valence-corrected chi connectivity index (χ3v) is 6.61. The monoisotopic (exact) mass is 448 g/mol. The summed E-state index contributed by atoms with van der Waals surface area (Å²) >= 11 is 3.60. The van der Waals surface area contributed by atoms with Gasteiger partial charge in [0, 0.05) is 43.8 Å². The average Bonchev–Trinajstić information content (AvgIpc) is 3.40. The van der Waals surface area contributed by atoms with E-state index in [4.69, 9.17) is 16.7 Å². The zero-order valence-corrected chi connectivity index (χ0v) is 17.0. The van der Waals surface area contributed by atoms with E-state index in [1.807, 2.05) is 54.6 Å². The minimum absolute atomic E-state index is 0.0538. The van der Waals surface area contributed by atoms with E-state index < -0.39 is 0 Å². The van der Waals surface area contributed by atoms with Gasteiger partial charge < -0.3 is 8.83 Å². The number of rotatable bonds is 0. The Morgan fingerprint density at radius 2 is 1.33 bits per heavy atom. The van der Waals surface area contributed by atoms with Crippen LogP contribution in [0, 0.1) is 0 Å². The number of furan rings is 2. The number of fused-ring (bicyclic) bond motifs is 11. The molecule has 0 aliphatic heterocycles. The van der Waals surface area contributed by atoms with Crippen molar-refractivity contribution in [1.29, 1.82) is 0 Å². The summed E-state index contributed by atoms with van der Waals surface area (Å²) in [5.74, 6) is -0.0538. The highest BCUT2D eigenvalue weighted by molar-refractivity contribution is 9.10. The lowest BCUT2D eigenvalue weighted by Crippen LogP contribution is -2.07. The van der Waals surface area contributed by atoms with Crippen molar-refractivity contribution in [3.63, 3.8) is 0 Å². The zero-order valence-electron chi connectivity index (χ0n) is 15.5. The summed E-state index contributed by atoms with van der Waals surface area (Å²) in [5, 5.41) is 3.66. The molecule has 6 aromatic rings. The van der Waals surface area contributed by atoms with Crippen LogP contribution in [-0.2, 0) is 0 Å². The fourth-order valence-corrected chi connectivity index (χ4v) is 5.31. The largest absolute Gasteiger partial charge is 0.455 e. The Hall–Kier alpha value is -3.31. The minimum atomic E-state index is -0.0538. The first-order valence-corrected chi connectivity index (χ1v) is 10.4. The van der Waals surface area contributed by atoms with E-state index >= 15 is 0 Å². The summed E-state index contributed by atoms with van der Waals surface area (Å²) in [6.45, 7) is 0. The molecule has 2 heterocycles. The van der Waals surface area contributed by atoms with E-state index in [1.165, 1.54) is 0 Å². The number of benzene rings is 4. The SMILES string of the molecule is [B]c1cc2c(c3oc4ccccc4c13)-c1c(cc(Br)c3oc4ccccc4c13)C2=O. The molecule has 0 spiro atoms. The number of hydrogen-bond acceptors (Lipinski definition) is 3. The van der Waals surface area contributed by atoms with E-state index in [0.717, 1.165) is 53.9 Å². The second-order valence-corrected chi connectivity index (χ2v) is 8.46. The summed E-state index contributed by atoms with van der Waals surface area (Å²) in [4.78, 5) is 13.4. The van der Waals surface area contributed by atoms with Crippen molar-refractivity contribution in [2.45, 2.75) is 0 Å². The maximum Gasteiger partial charge on any atom is 0.194 e. The van der Waals surface area contributed by atoms with Crippen molar-refractivity contribution in [1.82, 2.24) is 0 Å². The molecule has 1 aliphatic carbocycles. The van der Waals surface area contributed by atoms with Gasteiger partial charge in [0.1, 0.15) is 30.2 Å². The molecular weight excluding hydrogens is 439 g/mol. The topological polar surface area (TPSA) is 43.4 Å². The first-order chi connectivity index (χ1) is 14.6. The van der Waals surface area contributed by atoms with E-state index in [9.17, 15) is 4.79 Å². The van der Waals surface area contributed by atoms with Gasteiger partial charge in [-0.3, -0.25) is 4.79 Å². The highest BCUT2D eigenvalue weighted by atomic mass is 79.9. The first-order valence-electron chi connectivity index (χ1n) is 9.56. The number of hydrogen-bond donors (Lipinski definition) is 0. The third-order valence-electron chi connectivity index (χ3n) is 6.02. The number of halogens is 1.